The van der Waals surface area contributed by atoms with E-state index in [0.717, 1.165) is 5.75 Å². The summed E-state index contributed by atoms with van der Waals surface area (Å²) in [7, 11) is 0. The highest BCUT2D eigenvalue weighted by atomic mass is 32.2. The van der Waals surface area contributed by atoms with Crippen LogP contribution in [0.3, 0.4) is 0 Å². The lowest BCUT2D eigenvalue weighted by atomic mass is 10.3. The number of nitrogens with two attached hydrogens (primary N) is 1. The fourth-order valence-corrected chi connectivity index (χ4v) is 1.91. The number of aliphatic hydroxyl groups excluding tert-OH is 1. The molecule has 0 aliphatic rings. The number of hydrogen-bond donors (Lipinski definition) is 4. The van der Waals surface area contributed by atoms with Crippen molar-refractivity contribution < 1.29 is 14.7 Å². The second kappa shape index (κ2) is 8.80. The number of nitrogens with one attached hydrogen (secondary N) is 2. The van der Waals surface area contributed by atoms with Gasteiger partial charge < -0.3 is 10.8 Å². The zero-order valence-corrected chi connectivity index (χ0v) is 12.3. The molecule has 0 aromatic carbocycles. The molecule has 1 rings (SSSR count). The second-order valence-corrected chi connectivity index (χ2v) is 5.22. The minimum Gasteiger partial charge on any atom is -0.502 e. The minimum atomic E-state index is -0.878. The van der Waals surface area contributed by atoms with Crippen LogP contribution in [0, 0.1) is 0 Å². The number of aliphatic hydroxyl groups is 1. The Bertz CT molecular complexity index is 521. The summed E-state index contributed by atoms with van der Waals surface area (Å²) >= 11 is 1.64. The van der Waals surface area contributed by atoms with Crippen LogP contribution in [0.15, 0.2) is 30.0 Å². The molecule has 0 aliphatic carbocycles. The first kappa shape index (κ1) is 16.8. The van der Waals surface area contributed by atoms with Gasteiger partial charge in [-0.3, -0.25) is 20.4 Å². The molecule has 1 aromatic heterocycles. The molecule has 114 valence electrons. The molecule has 21 heavy (non-hydrogen) atoms. The van der Waals surface area contributed by atoms with Gasteiger partial charge in [0.1, 0.15) is 12.0 Å². The van der Waals surface area contributed by atoms with Gasteiger partial charge in [0.25, 0.3) is 5.91 Å². The molecule has 2 amide bonds. The maximum absolute atomic E-state index is 11.6. The van der Waals surface area contributed by atoms with E-state index in [1.54, 1.807) is 11.8 Å². The molecule has 0 saturated heterocycles. The van der Waals surface area contributed by atoms with E-state index in [1.807, 2.05) is 6.92 Å². The van der Waals surface area contributed by atoms with Crippen molar-refractivity contribution in [2.75, 3.05) is 11.5 Å². The van der Waals surface area contributed by atoms with E-state index in [4.69, 9.17) is 5.73 Å². The van der Waals surface area contributed by atoms with Gasteiger partial charge in [-0.05, 0) is 24.0 Å². The van der Waals surface area contributed by atoms with Gasteiger partial charge in [-0.15, -0.1) is 0 Å². The molecule has 5 N–H and O–H groups in total. The number of amides is 2. The molecule has 0 unspecified atom stereocenters. The van der Waals surface area contributed by atoms with Crippen LogP contribution >= 0.6 is 11.8 Å². The Morgan fingerprint density at radius 2 is 2.19 bits per heavy atom. The summed E-state index contributed by atoms with van der Waals surface area (Å²) in [5, 5.41) is 9.63. The van der Waals surface area contributed by atoms with Crippen LogP contribution in [-0.4, -0.2) is 38.4 Å². The molecule has 0 fully saturated rings. The topological polar surface area (TPSA) is 130 Å². The van der Waals surface area contributed by atoms with Crippen molar-refractivity contribution >= 4 is 23.6 Å². The standard InChI is InChI=1S/C12H17N5O3S/c1-2-21-6-4-8(13)10(18)12(20)17-16-11(19)9-3-5-14-7-15-9/h3,5,7,18H,2,4,6,13H2,1H3,(H,16,19)(H,17,20). The number of aromatic nitrogens is 2. The summed E-state index contributed by atoms with van der Waals surface area (Å²) in [6.07, 6.45) is 2.99. The monoisotopic (exact) mass is 311 g/mol. The average Bonchev–Trinajstić information content (AvgIpc) is 2.52. The van der Waals surface area contributed by atoms with Gasteiger partial charge in [-0.1, -0.05) is 6.92 Å². The van der Waals surface area contributed by atoms with Crippen molar-refractivity contribution in [1.82, 2.24) is 20.8 Å². The molecule has 0 atom stereocenters. The largest absolute Gasteiger partial charge is 0.502 e. The molecule has 0 aliphatic heterocycles. The van der Waals surface area contributed by atoms with Crippen molar-refractivity contribution in [3.05, 3.63) is 35.7 Å². The number of hydrazine groups is 1. The van der Waals surface area contributed by atoms with Crippen LogP contribution in [-0.2, 0) is 4.79 Å². The molecule has 1 heterocycles. The molecule has 0 saturated carbocycles. The number of allylic oxidation sites excluding steroid dienone is 1. The summed E-state index contributed by atoms with van der Waals surface area (Å²) in [6, 6.07) is 1.38. The molecular formula is C12H17N5O3S. The third kappa shape index (κ3) is 5.69. The fourth-order valence-electron chi connectivity index (χ4n) is 1.25. The molecule has 8 nitrogen and oxygen atoms in total. The number of carbonyl (C=O) groups excluding carboxylic acids is 2. The minimum absolute atomic E-state index is 0.0738. The Hall–Kier alpha value is -2.29. The number of hydrogen-bond acceptors (Lipinski definition) is 7. The number of rotatable bonds is 6. The fraction of sp³-hybridized carbons (Fsp3) is 0.333. The van der Waals surface area contributed by atoms with Gasteiger partial charge in [0, 0.05) is 6.20 Å². The van der Waals surface area contributed by atoms with Gasteiger partial charge in [0.2, 0.25) is 5.76 Å². The summed E-state index contributed by atoms with van der Waals surface area (Å²) in [6.45, 7) is 2.00. The van der Waals surface area contributed by atoms with E-state index in [0.29, 0.717) is 12.2 Å². The van der Waals surface area contributed by atoms with E-state index >= 15 is 0 Å². The first-order valence-electron chi connectivity index (χ1n) is 6.18. The maximum atomic E-state index is 11.6. The van der Waals surface area contributed by atoms with Gasteiger partial charge in [0.15, 0.2) is 0 Å². The van der Waals surface area contributed by atoms with Gasteiger partial charge in [0.05, 0.1) is 5.70 Å². The molecule has 0 bridgehead atoms. The highest BCUT2D eigenvalue weighted by Crippen LogP contribution is 2.07. The van der Waals surface area contributed by atoms with Crippen molar-refractivity contribution in [2.45, 2.75) is 13.3 Å². The van der Waals surface area contributed by atoms with E-state index in [9.17, 15) is 14.7 Å². The van der Waals surface area contributed by atoms with Crippen molar-refractivity contribution in [3.63, 3.8) is 0 Å². The van der Waals surface area contributed by atoms with Crippen LogP contribution in [0.25, 0.3) is 0 Å². The van der Waals surface area contributed by atoms with Crippen LogP contribution < -0.4 is 16.6 Å². The number of thioether (sulfide) groups is 1. The predicted molar refractivity (Wildman–Crippen MR) is 79.1 cm³/mol. The number of carbonyl (C=O) groups is 2. The predicted octanol–water partition coefficient (Wildman–Crippen LogP) is 0.109. The van der Waals surface area contributed by atoms with Gasteiger partial charge in [-0.2, -0.15) is 11.8 Å². The van der Waals surface area contributed by atoms with E-state index < -0.39 is 17.6 Å². The molecular weight excluding hydrogens is 294 g/mol. The third-order valence-corrected chi connectivity index (χ3v) is 3.24. The lowest BCUT2D eigenvalue weighted by molar-refractivity contribution is -0.120. The zero-order valence-electron chi connectivity index (χ0n) is 11.5. The highest BCUT2D eigenvalue weighted by Gasteiger charge is 2.14. The lowest BCUT2D eigenvalue weighted by Gasteiger charge is -2.08. The Balaban J connectivity index is 2.49. The SMILES string of the molecule is CCSCCC(N)=C(O)C(=O)NNC(=O)c1ccncn1. The molecule has 0 spiro atoms. The Labute approximate surface area is 126 Å². The van der Waals surface area contributed by atoms with Crippen LogP contribution in [0.5, 0.6) is 0 Å². The van der Waals surface area contributed by atoms with Crippen molar-refractivity contribution in [1.29, 1.82) is 0 Å². The van der Waals surface area contributed by atoms with Crippen LogP contribution in [0.2, 0.25) is 0 Å². The van der Waals surface area contributed by atoms with Crippen LogP contribution in [0.1, 0.15) is 23.8 Å². The quantitative estimate of drug-likeness (QED) is 0.254. The van der Waals surface area contributed by atoms with Gasteiger partial charge >= 0.3 is 5.91 Å². The van der Waals surface area contributed by atoms with Crippen molar-refractivity contribution in [3.8, 4) is 0 Å². The average molecular weight is 311 g/mol. The first-order valence-corrected chi connectivity index (χ1v) is 7.33. The molecule has 1 aromatic rings. The van der Waals surface area contributed by atoms with Crippen LogP contribution in [0.4, 0.5) is 0 Å². The van der Waals surface area contributed by atoms with E-state index in [2.05, 4.69) is 20.8 Å². The van der Waals surface area contributed by atoms with Crippen molar-refractivity contribution in [2.24, 2.45) is 5.73 Å². The van der Waals surface area contributed by atoms with E-state index in [1.165, 1.54) is 18.6 Å². The second-order valence-electron chi connectivity index (χ2n) is 3.82. The smallest absolute Gasteiger partial charge is 0.306 e. The Kier molecular flexibility index (Phi) is 7.02. The summed E-state index contributed by atoms with van der Waals surface area (Å²) in [5.74, 6) is -0.480. The zero-order chi connectivity index (χ0) is 15.7. The summed E-state index contributed by atoms with van der Waals surface area (Å²) in [4.78, 5) is 30.6. The molecule has 0 radical (unpaired) electrons. The summed E-state index contributed by atoms with van der Waals surface area (Å²) in [5.41, 5.74) is 9.93. The Morgan fingerprint density at radius 3 is 2.81 bits per heavy atom. The van der Waals surface area contributed by atoms with E-state index in [-0.39, 0.29) is 11.4 Å². The van der Waals surface area contributed by atoms with Gasteiger partial charge in [-0.25, -0.2) is 9.97 Å². The first-order chi connectivity index (χ1) is 10.1. The maximum Gasteiger partial charge on any atom is 0.306 e. The normalized spacial score (nSPS) is 11.5. The third-order valence-electron chi connectivity index (χ3n) is 2.34. The summed E-state index contributed by atoms with van der Waals surface area (Å²) < 4.78 is 0. The Morgan fingerprint density at radius 1 is 1.43 bits per heavy atom. The number of nitrogens with zero attached hydrogens (tertiary/aromatic N) is 2. The molecule has 9 heteroatoms. The lowest BCUT2D eigenvalue weighted by Crippen LogP contribution is -2.43. The highest BCUT2D eigenvalue weighted by molar-refractivity contribution is 7.99.